The zero-order valence-corrected chi connectivity index (χ0v) is 13.6. The second kappa shape index (κ2) is 6.37. The predicted molar refractivity (Wildman–Crippen MR) is 86.6 cm³/mol. The zero-order valence-electron chi connectivity index (χ0n) is 13.6. The molecule has 2 aliphatic rings. The van der Waals surface area contributed by atoms with Gasteiger partial charge in [0.15, 0.2) is 0 Å². The summed E-state index contributed by atoms with van der Waals surface area (Å²) in [5.74, 6) is 0.597. The Balaban J connectivity index is 1.98. The highest BCUT2D eigenvalue weighted by Gasteiger charge is 2.47. The van der Waals surface area contributed by atoms with Gasteiger partial charge in [-0.05, 0) is 56.3 Å². The Kier molecular flexibility index (Phi) is 4.48. The van der Waals surface area contributed by atoms with E-state index in [2.05, 4.69) is 24.0 Å². The van der Waals surface area contributed by atoms with E-state index in [1.54, 1.807) is 19.2 Å². The van der Waals surface area contributed by atoms with Crippen LogP contribution in [0, 0.1) is 11.7 Å². The van der Waals surface area contributed by atoms with Gasteiger partial charge in [-0.2, -0.15) is 0 Å². The largest absolute Gasteiger partial charge is 0.399 e. The number of benzene rings is 1. The van der Waals surface area contributed by atoms with Crippen LogP contribution in [0.15, 0.2) is 29.4 Å². The molecule has 0 N–H and O–H groups in total. The lowest BCUT2D eigenvalue weighted by molar-refractivity contribution is 0.127. The smallest absolute Gasteiger partial charge is 0.123 e. The predicted octanol–water partition coefficient (Wildman–Crippen LogP) is 3.80. The second-order valence-corrected chi connectivity index (χ2v) is 6.50. The van der Waals surface area contributed by atoms with E-state index in [1.807, 2.05) is 12.1 Å². The number of hydrogen-bond donors (Lipinski definition) is 0. The van der Waals surface area contributed by atoms with Crippen molar-refractivity contribution < 1.29 is 9.23 Å². The molecular weight excluding hydrogens is 279 g/mol. The first-order valence-electron chi connectivity index (χ1n) is 8.23. The fourth-order valence-electron chi connectivity index (χ4n) is 4.45. The molecule has 0 aromatic heterocycles. The summed E-state index contributed by atoms with van der Waals surface area (Å²) >= 11 is 0. The van der Waals surface area contributed by atoms with Crippen molar-refractivity contribution in [3.8, 4) is 0 Å². The molecule has 4 heteroatoms. The summed E-state index contributed by atoms with van der Waals surface area (Å²) in [4.78, 5) is 7.62. The van der Waals surface area contributed by atoms with E-state index in [-0.39, 0.29) is 5.82 Å². The maximum atomic E-state index is 13.3. The highest BCUT2D eigenvalue weighted by molar-refractivity contribution is 5.88. The number of halogens is 1. The van der Waals surface area contributed by atoms with Gasteiger partial charge in [0.1, 0.15) is 12.9 Å². The van der Waals surface area contributed by atoms with Crippen molar-refractivity contribution in [3.63, 3.8) is 0 Å². The van der Waals surface area contributed by atoms with Crippen LogP contribution in [0.3, 0.4) is 0 Å². The molecule has 4 unspecified atom stereocenters. The third-order valence-electron chi connectivity index (χ3n) is 5.52. The van der Waals surface area contributed by atoms with Crippen LogP contribution in [-0.2, 0) is 4.84 Å². The van der Waals surface area contributed by atoms with E-state index in [1.165, 1.54) is 18.4 Å². The highest BCUT2D eigenvalue weighted by atomic mass is 19.1. The second-order valence-electron chi connectivity index (χ2n) is 6.50. The molecule has 0 amide bonds. The minimum absolute atomic E-state index is 0.169. The minimum atomic E-state index is -0.169. The first-order valence-corrected chi connectivity index (χ1v) is 8.23. The molecule has 3 rings (SSSR count). The Morgan fingerprint density at radius 3 is 2.68 bits per heavy atom. The number of fused-ring (bicyclic) bond motifs is 2. The monoisotopic (exact) mass is 304 g/mol. The van der Waals surface area contributed by atoms with Gasteiger partial charge >= 0.3 is 0 Å². The van der Waals surface area contributed by atoms with E-state index < -0.39 is 0 Å². The zero-order chi connectivity index (χ0) is 15.7. The van der Waals surface area contributed by atoms with Crippen LogP contribution in [0.25, 0.3) is 0 Å². The van der Waals surface area contributed by atoms with Crippen molar-refractivity contribution >= 4 is 5.71 Å². The molecule has 4 atom stereocenters. The van der Waals surface area contributed by atoms with Crippen LogP contribution in [0.5, 0.6) is 0 Å². The fraction of sp³-hybridized carbons (Fsp3) is 0.611. The Morgan fingerprint density at radius 2 is 2.05 bits per heavy atom. The van der Waals surface area contributed by atoms with Gasteiger partial charge in [0, 0.05) is 18.0 Å². The molecule has 120 valence electrons. The van der Waals surface area contributed by atoms with Crippen molar-refractivity contribution in [2.45, 2.75) is 50.6 Å². The summed E-state index contributed by atoms with van der Waals surface area (Å²) < 4.78 is 13.3. The summed E-state index contributed by atoms with van der Waals surface area (Å²) in [5.41, 5.74) is 2.36. The first-order chi connectivity index (χ1) is 10.7. The molecule has 2 aliphatic heterocycles. The third kappa shape index (κ3) is 2.65. The molecule has 0 saturated carbocycles. The summed E-state index contributed by atoms with van der Waals surface area (Å²) in [5, 5.41) is 4.33. The normalized spacial score (nSPS) is 32.3. The van der Waals surface area contributed by atoms with Gasteiger partial charge in [0.25, 0.3) is 0 Å². The van der Waals surface area contributed by atoms with Crippen LogP contribution >= 0.6 is 0 Å². The number of oxime groups is 1. The van der Waals surface area contributed by atoms with E-state index in [0.717, 1.165) is 18.6 Å². The number of piperidine rings is 1. The molecule has 1 aromatic rings. The molecule has 1 aromatic carbocycles. The van der Waals surface area contributed by atoms with E-state index in [9.17, 15) is 4.39 Å². The number of rotatable bonds is 4. The highest BCUT2D eigenvalue weighted by Crippen LogP contribution is 2.47. The van der Waals surface area contributed by atoms with E-state index in [4.69, 9.17) is 4.84 Å². The van der Waals surface area contributed by atoms with Gasteiger partial charge in [-0.3, -0.25) is 4.90 Å². The standard InChI is InChI=1S/C18H25FN2O/c1-4-16(20-22-3)18-15(12-5-7-13(19)8-6-12)11-14-9-10-17(18)21(14)2/h5-8,14-15,17-18H,4,9-11H2,1-3H3/b20-16+. The Labute approximate surface area is 132 Å². The molecule has 0 aliphatic carbocycles. The van der Waals surface area contributed by atoms with Gasteiger partial charge in [-0.25, -0.2) is 4.39 Å². The minimum Gasteiger partial charge on any atom is -0.399 e. The summed E-state index contributed by atoms with van der Waals surface area (Å²) in [6.07, 6.45) is 4.48. The SMILES string of the molecule is CC/C(=N\OC)C1C(c2ccc(F)cc2)CC2CCC1N2C. The van der Waals surface area contributed by atoms with E-state index in [0.29, 0.717) is 23.9 Å². The van der Waals surface area contributed by atoms with Gasteiger partial charge in [-0.1, -0.05) is 24.2 Å². The molecule has 0 radical (unpaired) electrons. The van der Waals surface area contributed by atoms with Crippen molar-refractivity contribution in [2.24, 2.45) is 11.1 Å². The van der Waals surface area contributed by atoms with Crippen molar-refractivity contribution in [2.75, 3.05) is 14.2 Å². The van der Waals surface area contributed by atoms with Gasteiger partial charge in [-0.15, -0.1) is 0 Å². The molecule has 2 bridgehead atoms. The van der Waals surface area contributed by atoms with E-state index >= 15 is 0 Å². The van der Waals surface area contributed by atoms with Crippen molar-refractivity contribution in [1.29, 1.82) is 0 Å². The van der Waals surface area contributed by atoms with Crippen LogP contribution < -0.4 is 0 Å². The number of nitrogens with zero attached hydrogens (tertiary/aromatic N) is 2. The molecule has 2 fully saturated rings. The van der Waals surface area contributed by atoms with Crippen LogP contribution in [0.1, 0.15) is 44.1 Å². The lowest BCUT2D eigenvalue weighted by Gasteiger charge is -2.43. The molecule has 3 nitrogen and oxygen atoms in total. The summed E-state index contributed by atoms with van der Waals surface area (Å²) in [6.45, 7) is 2.14. The Hall–Kier alpha value is -1.42. The maximum Gasteiger partial charge on any atom is 0.123 e. The van der Waals surface area contributed by atoms with Gasteiger partial charge < -0.3 is 4.84 Å². The van der Waals surface area contributed by atoms with Crippen LogP contribution in [0.2, 0.25) is 0 Å². The van der Waals surface area contributed by atoms with Crippen molar-refractivity contribution in [3.05, 3.63) is 35.6 Å². The average Bonchev–Trinajstić information content (AvgIpc) is 2.76. The maximum absolute atomic E-state index is 13.3. The first kappa shape index (κ1) is 15.5. The molecule has 2 saturated heterocycles. The van der Waals surface area contributed by atoms with Crippen LogP contribution in [0.4, 0.5) is 4.39 Å². The third-order valence-corrected chi connectivity index (χ3v) is 5.52. The van der Waals surface area contributed by atoms with Crippen LogP contribution in [-0.4, -0.2) is 36.9 Å². The average molecular weight is 304 g/mol. The summed E-state index contributed by atoms with van der Waals surface area (Å²) in [7, 11) is 3.85. The molecular formula is C18H25FN2O. The molecule has 22 heavy (non-hydrogen) atoms. The lowest BCUT2D eigenvalue weighted by Crippen LogP contribution is -2.48. The van der Waals surface area contributed by atoms with Crippen molar-refractivity contribution in [1.82, 2.24) is 4.90 Å². The Bertz CT molecular complexity index is 543. The number of hydrogen-bond acceptors (Lipinski definition) is 3. The Morgan fingerprint density at radius 1 is 1.32 bits per heavy atom. The lowest BCUT2D eigenvalue weighted by atomic mass is 9.73. The summed E-state index contributed by atoms with van der Waals surface area (Å²) in [6, 6.07) is 8.19. The molecule has 0 spiro atoms. The van der Waals surface area contributed by atoms with Gasteiger partial charge in [0.05, 0.1) is 5.71 Å². The quantitative estimate of drug-likeness (QED) is 0.624. The molecule has 2 heterocycles. The fourth-order valence-corrected chi connectivity index (χ4v) is 4.45. The van der Waals surface area contributed by atoms with Gasteiger partial charge in [0.2, 0.25) is 0 Å². The topological polar surface area (TPSA) is 24.8 Å².